The summed E-state index contributed by atoms with van der Waals surface area (Å²) in [5.74, 6) is 0. The Bertz CT molecular complexity index is 454. The third kappa shape index (κ3) is 5.17. The maximum Gasteiger partial charge on any atom is 0.250 e. The predicted octanol–water partition coefficient (Wildman–Crippen LogP) is 3.94. The average Bonchev–Trinajstić information content (AvgIpc) is 2.65. The van der Waals surface area contributed by atoms with Crippen LogP contribution in [-0.4, -0.2) is 20.3 Å². The summed E-state index contributed by atoms with van der Waals surface area (Å²) in [6.45, 7) is 2.29. The molecule has 0 fully saturated rings. The van der Waals surface area contributed by atoms with Gasteiger partial charge in [-0.15, -0.1) is 11.3 Å². The fourth-order valence-electron chi connectivity index (χ4n) is 1.41. The standard InChI is InChI=1S/C11H17BrClNO2S2/c1-9-8-10(17-11(9)13)18(15,16)14-7-5-3-2-4-6-12/h8,14H,2-7H2,1H3. The van der Waals surface area contributed by atoms with E-state index in [1.165, 1.54) is 0 Å². The highest BCUT2D eigenvalue weighted by Crippen LogP contribution is 2.29. The van der Waals surface area contributed by atoms with E-state index < -0.39 is 10.0 Å². The second kappa shape index (κ2) is 7.85. The molecular weight excluding hydrogens is 358 g/mol. The van der Waals surface area contributed by atoms with Crippen molar-refractivity contribution in [3.63, 3.8) is 0 Å². The van der Waals surface area contributed by atoms with E-state index >= 15 is 0 Å². The molecule has 7 heteroatoms. The molecule has 0 bridgehead atoms. The molecule has 0 unspecified atom stereocenters. The zero-order valence-electron chi connectivity index (χ0n) is 10.2. The zero-order chi connectivity index (χ0) is 13.6. The largest absolute Gasteiger partial charge is 0.250 e. The first-order valence-electron chi connectivity index (χ1n) is 5.79. The number of halogens is 2. The Hall–Kier alpha value is 0.380. The van der Waals surface area contributed by atoms with E-state index in [-0.39, 0.29) is 0 Å². The van der Waals surface area contributed by atoms with Crippen molar-refractivity contribution in [2.24, 2.45) is 0 Å². The Morgan fingerprint density at radius 2 is 2.00 bits per heavy atom. The molecule has 0 saturated carbocycles. The molecule has 0 aliphatic heterocycles. The van der Waals surface area contributed by atoms with Crippen LogP contribution in [0.15, 0.2) is 10.3 Å². The maximum absolute atomic E-state index is 11.9. The Labute approximate surface area is 126 Å². The number of rotatable bonds is 8. The van der Waals surface area contributed by atoms with E-state index in [1.807, 2.05) is 0 Å². The fourth-order valence-corrected chi connectivity index (χ4v) is 4.64. The normalized spacial score (nSPS) is 11.9. The molecule has 1 aromatic heterocycles. The van der Waals surface area contributed by atoms with Gasteiger partial charge in [0.15, 0.2) is 0 Å². The van der Waals surface area contributed by atoms with Crippen LogP contribution in [0.4, 0.5) is 0 Å². The lowest BCUT2D eigenvalue weighted by Gasteiger charge is -2.04. The Kier molecular flexibility index (Phi) is 7.16. The minimum atomic E-state index is -3.38. The summed E-state index contributed by atoms with van der Waals surface area (Å²) >= 11 is 10.3. The van der Waals surface area contributed by atoms with Gasteiger partial charge >= 0.3 is 0 Å². The van der Waals surface area contributed by atoms with Crippen molar-refractivity contribution >= 4 is 48.9 Å². The number of aryl methyl sites for hydroxylation is 1. The SMILES string of the molecule is Cc1cc(S(=O)(=O)NCCCCCCBr)sc1Cl. The van der Waals surface area contributed by atoms with E-state index in [0.717, 1.165) is 47.9 Å². The lowest BCUT2D eigenvalue weighted by Crippen LogP contribution is -2.23. The quantitative estimate of drug-likeness (QED) is 0.553. The molecule has 0 spiro atoms. The van der Waals surface area contributed by atoms with Gasteiger partial charge in [-0.05, 0) is 31.4 Å². The summed E-state index contributed by atoms with van der Waals surface area (Å²) in [4.78, 5) is 0. The van der Waals surface area contributed by atoms with Gasteiger partial charge in [0.25, 0.3) is 0 Å². The first kappa shape index (κ1) is 16.4. The number of alkyl halides is 1. The van der Waals surface area contributed by atoms with E-state index in [9.17, 15) is 8.42 Å². The van der Waals surface area contributed by atoms with Crippen LogP contribution in [0, 0.1) is 6.92 Å². The maximum atomic E-state index is 11.9. The number of thiophene rings is 1. The summed E-state index contributed by atoms with van der Waals surface area (Å²) in [5, 5.41) is 1.01. The molecule has 0 atom stereocenters. The molecule has 1 aromatic rings. The van der Waals surface area contributed by atoms with Crippen LogP contribution in [-0.2, 0) is 10.0 Å². The third-order valence-corrected chi connectivity index (χ3v) is 6.50. The van der Waals surface area contributed by atoms with Crippen LogP contribution < -0.4 is 4.72 Å². The minimum absolute atomic E-state index is 0.297. The van der Waals surface area contributed by atoms with Gasteiger partial charge in [-0.3, -0.25) is 0 Å². The number of hydrogen-bond acceptors (Lipinski definition) is 3. The van der Waals surface area contributed by atoms with Crippen LogP contribution in [0.25, 0.3) is 0 Å². The van der Waals surface area contributed by atoms with Gasteiger partial charge in [0.05, 0.1) is 4.34 Å². The van der Waals surface area contributed by atoms with Gasteiger partial charge in [0.2, 0.25) is 10.0 Å². The zero-order valence-corrected chi connectivity index (χ0v) is 14.2. The highest BCUT2D eigenvalue weighted by molar-refractivity contribution is 9.09. The second-order valence-corrected chi connectivity index (χ2v) is 8.46. The van der Waals surface area contributed by atoms with Gasteiger partial charge in [-0.25, -0.2) is 13.1 Å². The molecule has 0 aliphatic rings. The monoisotopic (exact) mass is 373 g/mol. The predicted molar refractivity (Wildman–Crippen MR) is 81.5 cm³/mol. The molecule has 0 aromatic carbocycles. The van der Waals surface area contributed by atoms with Gasteiger partial charge < -0.3 is 0 Å². The lowest BCUT2D eigenvalue weighted by atomic mass is 10.2. The summed E-state index contributed by atoms with van der Waals surface area (Å²) in [7, 11) is -3.38. The number of hydrogen-bond donors (Lipinski definition) is 1. The highest BCUT2D eigenvalue weighted by Gasteiger charge is 2.17. The smallest absolute Gasteiger partial charge is 0.210 e. The molecule has 0 amide bonds. The van der Waals surface area contributed by atoms with Crippen molar-refractivity contribution in [3.05, 3.63) is 16.0 Å². The van der Waals surface area contributed by atoms with Crippen LogP contribution in [0.5, 0.6) is 0 Å². The average molecular weight is 375 g/mol. The second-order valence-electron chi connectivity index (χ2n) is 4.02. The summed E-state index contributed by atoms with van der Waals surface area (Å²) in [6.07, 6.45) is 4.16. The van der Waals surface area contributed by atoms with Gasteiger partial charge in [0, 0.05) is 11.9 Å². The molecular formula is C11H17BrClNO2S2. The van der Waals surface area contributed by atoms with Crippen LogP contribution >= 0.6 is 38.9 Å². The fraction of sp³-hybridized carbons (Fsp3) is 0.636. The van der Waals surface area contributed by atoms with Crippen molar-refractivity contribution in [2.75, 3.05) is 11.9 Å². The highest BCUT2D eigenvalue weighted by atomic mass is 79.9. The third-order valence-electron chi connectivity index (χ3n) is 2.45. The van der Waals surface area contributed by atoms with E-state index in [4.69, 9.17) is 11.6 Å². The van der Waals surface area contributed by atoms with Gasteiger partial charge in [-0.2, -0.15) is 0 Å². The van der Waals surface area contributed by atoms with Crippen molar-refractivity contribution in [1.29, 1.82) is 0 Å². The van der Waals surface area contributed by atoms with Gasteiger partial charge in [-0.1, -0.05) is 40.4 Å². The van der Waals surface area contributed by atoms with E-state index in [0.29, 0.717) is 15.1 Å². The molecule has 0 aliphatic carbocycles. The van der Waals surface area contributed by atoms with E-state index in [2.05, 4.69) is 20.7 Å². The van der Waals surface area contributed by atoms with Crippen molar-refractivity contribution < 1.29 is 8.42 Å². The summed E-state index contributed by atoms with van der Waals surface area (Å²) in [6, 6.07) is 1.61. The van der Waals surface area contributed by atoms with Crippen molar-refractivity contribution in [2.45, 2.75) is 36.8 Å². The molecule has 0 radical (unpaired) electrons. The molecule has 0 saturated heterocycles. The molecule has 1 rings (SSSR count). The van der Waals surface area contributed by atoms with Crippen LogP contribution in [0.1, 0.15) is 31.2 Å². The first-order valence-corrected chi connectivity index (χ1v) is 9.59. The summed E-state index contributed by atoms with van der Waals surface area (Å²) < 4.78 is 27.3. The van der Waals surface area contributed by atoms with Crippen LogP contribution in [0.3, 0.4) is 0 Å². The molecule has 18 heavy (non-hydrogen) atoms. The Morgan fingerprint density at radius 3 is 2.56 bits per heavy atom. The molecule has 1 heterocycles. The van der Waals surface area contributed by atoms with Crippen LogP contribution in [0.2, 0.25) is 4.34 Å². The molecule has 3 nitrogen and oxygen atoms in total. The molecule has 104 valence electrons. The van der Waals surface area contributed by atoms with Crippen molar-refractivity contribution in [1.82, 2.24) is 4.72 Å². The van der Waals surface area contributed by atoms with Crippen molar-refractivity contribution in [3.8, 4) is 0 Å². The van der Waals surface area contributed by atoms with Gasteiger partial charge in [0.1, 0.15) is 4.21 Å². The molecule has 1 N–H and O–H groups in total. The number of nitrogens with one attached hydrogen (secondary N) is 1. The first-order chi connectivity index (χ1) is 8.47. The Morgan fingerprint density at radius 1 is 1.33 bits per heavy atom. The lowest BCUT2D eigenvalue weighted by molar-refractivity contribution is 0.576. The number of unbranched alkanes of at least 4 members (excludes halogenated alkanes) is 3. The number of sulfonamides is 1. The Balaban J connectivity index is 2.41. The topological polar surface area (TPSA) is 46.2 Å². The summed E-state index contributed by atoms with van der Waals surface area (Å²) in [5.41, 5.74) is 0.805. The minimum Gasteiger partial charge on any atom is -0.210 e. The van der Waals surface area contributed by atoms with E-state index in [1.54, 1.807) is 13.0 Å².